The van der Waals surface area contributed by atoms with Crippen LogP contribution in [0, 0.1) is 0 Å². The van der Waals surface area contributed by atoms with Gasteiger partial charge in [0, 0.05) is 21.5 Å². The molecule has 0 unspecified atom stereocenters. The standard InChI is InChI=1S/C17H15N3O6S3/c1-20-29(25,26)15-8-14(28(19,23)24)11-6-5-10-13(27(18,21)22)7-3-9-2-4-12(15)17(11)16(9)10/h2-8,20H,1H3,(H2,18,21,22)(H2,19,23,24). The summed E-state index contributed by atoms with van der Waals surface area (Å²) in [6.45, 7) is 0. The summed E-state index contributed by atoms with van der Waals surface area (Å²) in [5.74, 6) is 0. The summed E-state index contributed by atoms with van der Waals surface area (Å²) < 4.78 is 75.9. The monoisotopic (exact) mass is 453 g/mol. The lowest BCUT2D eigenvalue weighted by Gasteiger charge is -2.17. The van der Waals surface area contributed by atoms with Crippen LogP contribution in [0.5, 0.6) is 0 Å². The third-order valence-electron chi connectivity index (χ3n) is 4.84. The normalized spacial score (nSPS) is 13.6. The fraction of sp³-hybridized carbons (Fsp3) is 0.0588. The number of hydrogen-bond donors (Lipinski definition) is 3. The molecule has 0 radical (unpaired) electrons. The molecule has 0 heterocycles. The summed E-state index contributed by atoms with van der Waals surface area (Å²) in [7, 11) is -11.2. The van der Waals surface area contributed by atoms with Crippen molar-refractivity contribution in [1.82, 2.24) is 4.72 Å². The van der Waals surface area contributed by atoms with Gasteiger partial charge < -0.3 is 0 Å². The first-order chi connectivity index (χ1) is 13.4. The number of nitrogens with one attached hydrogen (secondary N) is 1. The highest BCUT2D eigenvalue weighted by Crippen LogP contribution is 2.41. The molecular weight excluding hydrogens is 438 g/mol. The number of rotatable bonds is 4. The maximum absolute atomic E-state index is 12.6. The molecule has 152 valence electrons. The number of nitrogens with two attached hydrogens (primary N) is 2. The van der Waals surface area contributed by atoms with E-state index in [1.165, 1.54) is 37.4 Å². The maximum atomic E-state index is 12.6. The van der Waals surface area contributed by atoms with E-state index in [0.29, 0.717) is 10.8 Å². The minimum Gasteiger partial charge on any atom is -0.225 e. The van der Waals surface area contributed by atoms with E-state index in [2.05, 4.69) is 4.72 Å². The third-order valence-corrected chi connectivity index (χ3v) is 8.21. The molecule has 0 atom stereocenters. The zero-order valence-corrected chi connectivity index (χ0v) is 17.3. The van der Waals surface area contributed by atoms with Crippen LogP contribution in [0.1, 0.15) is 0 Å². The topological polar surface area (TPSA) is 166 Å². The van der Waals surface area contributed by atoms with Crippen LogP contribution in [-0.2, 0) is 30.1 Å². The van der Waals surface area contributed by atoms with Crippen LogP contribution in [0.15, 0.2) is 57.2 Å². The van der Waals surface area contributed by atoms with E-state index in [1.54, 1.807) is 6.07 Å². The molecule has 0 amide bonds. The van der Waals surface area contributed by atoms with Gasteiger partial charge in [-0.15, -0.1) is 0 Å². The first-order valence-corrected chi connectivity index (χ1v) is 12.7. The molecule has 0 aromatic heterocycles. The Labute approximate surface area is 166 Å². The summed E-state index contributed by atoms with van der Waals surface area (Å²) >= 11 is 0. The lowest BCUT2D eigenvalue weighted by molar-refractivity contribution is 0.588. The second kappa shape index (κ2) is 6.08. The number of primary sulfonamides is 2. The first-order valence-electron chi connectivity index (χ1n) is 8.10. The van der Waals surface area contributed by atoms with Crippen LogP contribution in [0.3, 0.4) is 0 Å². The molecule has 4 aromatic rings. The van der Waals surface area contributed by atoms with Crippen molar-refractivity contribution >= 4 is 62.4 Å². The zero-order valence-electron chi connectivity index (χ0n) is 14.9. The molecule has 4 rings (SSSR count). The van der Waals surface area contributed by atoms with E-state index in [4.69, 9.17) is 10.3 Å². The molecule has 0 fully saturated rings. The van der Waals surface area contributed by atoms with Gasteiger partial charge in [0.05, 0.1) is 14.7 Å². The molecule has 0 saturated carbocycles. The molecule has 12 heteroatoms. The predicted octanol–water partition coefficient (Wildman–Crippen LogP) is 0.787. The van der Waals surface area contributed by atoms with Crippen LogP contribution in [0.25, 0.3) is 32.3 Å². The predicted molar refractivity (Wildman–Crippen MR) is 109 cm³/mol. The minimum absolute atomic E-state index is 0.154. The van der Waals surface area contributed by atoms with Crippen molar-refractivity contribution in [3.63, 3.8) is 0 Å². The third kappa shape index (κ3) is 2.96. The number of hydrogen-bond acceptors (Lipinski definition) is 6. The van der Waals surface area contributed by atoms with Crippen molar-refractivity contribution in [1.29, 1.82) is 0 Å². The molecule has 0 saturated heterocycles. The van der Waals surface area contributed by atoms with Crippen molar-refractivity contribution in [3.05, 3.63) is 42.5 Å². The number of benzene rings is 4. The Morgan fingerprint density at radius 2 is 1.14 bits per heavy atom. The highest BCUT2D eigenvalue weighted by Gasteiger charge is 2.26. The molecule has 29 heavy (non-hydrogen) atoms. The molecule has 0 spiro atoms. The maximum Gasteiger partial charge on any atom is 0.240 e. The number of sulfonamides is 3. The van der Waals surface area contributed by atoms with E-state index in [9.17, 15) is 25.3 Å². The van der Waals surface area contributed by atoms with Crippen LogP contribution < -0.4 is 15.0 Å². The lowest BCUT2D eigenvalue weighted by atomic mass is 9.94. The minimum atomic E-state index is -4.29. The smallest absolute Gasteiger partial charge is 0.225 e. The Hall–Kier alpha value is -2.35. The van der Waals surface area contributed by atoms with Crippen molar-refractivity contribution in [2.24, 2.45) is 10.3 Å². The second-order valence-electron chi connectivity index (χ2n) is 6.48. The van der Waals surface area contributed by atoms with Crippen LogP contribution >= 0.6 is 0 Å². The van der Waals surface area contributed by atoms with Gasteiger partial charge >= 0.3 is 0 Å². The summed E-state index contributed by atoms with van der Waals surface area (Å²) in [5, 5.41) is 12.6. The van der Waals surface area contributed by atoms with E-state index >= 15 is 0 Å². The summed E-state index contributed by atoms with van der Waals surface area (Å²) in [6.07, 6.45) is 0. The van der Waals surface area contributed by atoms with Crippen LogP contribution in [0.2, 0.25) is 0 Å². The van der Waals surface area contributed by atoms with Gasteiger partial charge in [0.2, 0.25) is 30.1 Å². The van der Waals surface area contributed by atoms with Gasteiger partial charge in [-0.1, -0.05) is 30.3 Å². The van der Waals surface area contributed by atoms with Crippen molar-refractivity contribution in [2.45, 2.75) is 14.7 Å². The van der Waals surface area contributed by atoms with Gasteiger partial charge in [0.1, 0.15) is 0 Å². The second-order valence-corrected chi connectivity index (χ2v) is 11.4. The molecule has 0 aliphatic carbocycles. The summed E-state index contributed by atoms with van der Waals surface area (Å²) in [6, 6.07) is 9.88. The van der Waals surface area contributed by atoms with Gasteiger partial charge in [0.15, 0.2) is 0 Å². The Bertz CT molecular complexity index is 1640. The molecular formula is C17H15N3O6S3. The molecule has 0 aliphatic heterocycles. The molecule has 0 bridgehead atoms. The fourth-order valence-corrected chi connectivity index (χ4v) is 6.14. The highest BCUT2D eigenvalue weighted by molar-refractivity contribution is 7.90. The average molecular weight is 454 g/mol. The van der Waals surface area contributed by atoms with Gasteiger partial charge in [-0.3, -0.25) is 0 Å². The molecule has 4 aromatic carbocycles. The van der Waals surface area contributed by atoms with Gasteiger partial charge in [-0.25, -0.2) is 40.3 Å². The Morgan fingerprint density at radius 3 is 1.69 bits per heavy atom. The van der Waals surface area contributed by atoms with Gasteiger partial charge in [0.25, 0.3) is 0 Å². The first kappa shape index (κ1) is 19.9. The molecule has 0 aliphatic rings. The Balaban J connectivity index is 2.41. The average Bonchev–Trinajstić information content (AvgIpc) is 2.63. The van der Waals surface area contributed by atoms with E-state index in [-0.39, 0.29) is 36.2 Å². The molecule has 5 N–H and O–H groups in total. The molecule has 9 nitrogen and oxygen atoms in total. The van der Waals surface area contributed by atoms with Crippen LogP contribution in [-0.4, -0.2) is 32.3 Å². The van der Waals surface area contributed by atoms with Crippen molar-refractivity contribution < 1.29 is 25.3 Å². The quantitative estimate of drug-likeness (QED) is 0.386. The summed E-state index contributed by atoms with van der Waals surface area (Å²) in [5.41, 5.74) is 0. The van der Waals surface area contributed by atoms with Gasteiger partial charge in [-0.2, -0.15) is 0 Å². The zero-order chi connectivity index (χ0) is 21.4. The fourth-order valence-electron chi connectivity index (χ4n) is 3.62. The lowest BCUT2D eigenvalue weighted by Crippen LogP contribution is -2.20. The Morgan fingerprint density at radius 1 is 0.655 bits per heavy atom. The largest absolute Gasteiger partial charge is 0.240 e. The summed E-state index contributed by atoms with van der Waals surface area (Å²) in [4.78, 5) is -0.820. The van der Waals surface area contributed by atoms with Crippen LogP contribution in [0.4, 0.5) is 0 Å². The van der Waals surface area contributed by atoms with E-state index in [1.807, 2.05) is 0 Å². The SMILES string of the molecule is CNS(=O)(=O)c1cc(S(N)(=O)=O)c2ccc3c(S(N)(=O)=O)ccc4ccc1c2c43. The van der Waals surface area contributed by atoms with Gasteiger partial charge in [-0.05, 0) is 30.0 Å². The van der Waals surface area contributed by atoms with Crippen molar-refractivity contribution in [3.8, 4) is 0 Å². The van der Waals surface area contributed by atoms with E-state index < -0.39 is 30.1 Å². The Kier molecular flexibility index (Phi) is 4.18. The van der Waals surface area contributed by atoms with Crippen molar-refractivity contribution in [2.75, 3.05) is 7.05 Å². The highest BCUT2D eigenvalue weighted by atomic mass is 32.2. The van der Waals surface area contributed by atoms with E-state index in [0.717, 1.165) is 6.07 Å².